The first kappa shape index (κ1) is 17.6. The van der Waals surface area contributed by atoms with Crippen LogP contribution in [0.2, 0.25) is 0 Å². The van der Waals surface area contributed by atoms with Crippen LogP contribution >= 0.6 is 0 Å². The largest absolute Gasteiger partial charge is 0.494 e. The number of amides is 1. The van der Waals surface area contributed by atoms with Crippen LogP contribution in [-0.2, 0) is 11.2 Å². The molecule has 0 radical (unpaired) electrons. The number of rotatable bonds is 7. The number of halogens is 3. The van der Waals surface area contributed by atoms with Gasteiger partial charge < -0.3 is 4.74 Å². The van der Waals surface area contributed by atoms with Gasteiger partial charge in [0.25, 0.3) is 0 Å². The summed E-state index contributed by atoms with van der Waals surface area (Å²) in [5, 5.41) is 1.01. The summed E-state index contributed by atoms with van der Waals surface area (Å²) in [6, 6.07) is 5.75. The second-order valence-electron chi connectivity index (χ2n) is 5.51. The van der Waals surface area contributed by atoms with Crippen LogP contribution in [-0.4, -0.2) is 36.3 Å². The first-order valence-corrected chi connectivity index (χ1v) is 7.74. The first-order valence-electron chi connectivity index (χ1n) is 7.74. The maximum absolute atomic E-state index is 13.2. The van der Waals surface area contributed by atoms with E-state index in [2.05, 4.69) is 5.43 Å². The van der Waals surface area contributed by atoms with Gasteiger partial charge >= 0.3 is 6.18 Å². The van der Waals surface area contributed by atoms with E-state index >= 15 is 0 Å². The summed E-state index contributed by atoms with van der Waals surface area (Å²) in [7, 11) is 0. The Balaban J connectivity index is 1.91. The summed E-state index contributed by atoms with van der Waals surface area (Å²) in [4.78, 5) is 11.1. The highest BCUT2D eigenvalue weighted by molar-refractivity contribution is 5.77. The molecule has 1 aromatic rings. The van der Waals surface area contributed by atoms with E-state index in [1.54, 1.807) is 0 Å². The molecule has 23 heavy (non-hydrogen) atoms. The number of ether oxygens (including phenoxy) is 1. The van der Waals surface area contributed by atoms with Gasteiger partial charge in [0.1, 0.15) is 11.8 Å². The van der Waals surface area contributed by atoms with Gasteiger partial charge in [0.2, 0.25) is 5.91 Å². The molecule has 0 unspecified atom stereocenters. The van der Waals surface area contributed by atoms with Crippen LogP contribution in [0.15, 0.2) is 24.3 Å². The van der Waals surface area contributed by atoms with Crippen molar-refractivity contribution in [3.05, 3.63) is 29.8 Å². The molecule has 1 amide bonds. The Bertz CT molecular complexity index is 534. The minimum atomic E-state index is -4.36. The van der Waals surface area contributed by atoms with Crippen molar-refractivity contribution in [2.24, 2.45) is 0 Å². The van der Waals surface area contributed by atoms with Crippen LogP contribution in [0, 0.1) is 0 Å². The Morgan fingerprint density at radius 2 is 2.17 bits per heavy atom. The fraction of sp³-hybridized carbons (Fsp3) is 0.562. The van der Waals surface area contributed by atoms with E-state index in [1.807, 2.05) is 31.2 Å². The van der Waals surface area contributed by atoms with Crippen LogP contribution < -0.4 is 10.2 Å². The molecule has 2 rings (SSSR count). The average molecular weight is 330 g/mol. The molecule has 0 saturated carbocycles. The number of carbonyl (C=O) groups excluding carboxylic acids is 1. The lowest BCUT2D eigenvalue weighted by Crippen LogP contribution is -2.49. The predicted molar refractivity (Wildman–Crippen MR) is 79.9 cm³/mol. The van der Waals surface area contributed by atoms with Gasteiger partial charge in [0.05, 0.1) is 6.61 Å². The summed E-state index contributed by atoms with van der Waals surface area (Å²) in [6.45, 7) is 2.53. The molecular formula is C16H21F3N2O2. The number of alkyl halides is 3. The molecule has 1 fully saturated rings. The van der Waals surface area contributed by atoms with Crippen LogP contribution in [0.3, 0.4) is 0 Å². The maximum atomic E-state index is 13.2. The third-order valence-corrected chi connectivity index (χ3v) is 3.75. The number of nitrogens with one attached hydrogen (secondary N) is 1. The van der Waals surface area contributed by atoms with E-state index in [4.69, 9.17) is 4.74 Å². The standard InChI is InChI=1S/C16H21F3N2O2/c1-2-23-13-7-3-5-12(11-13)6-4-8-14(16(17,18)19)21-10-9-15(22)20-21/h3,5,7,11,14H,2,4,6,8-10H2,1H3,(H,20,22)/t14-/m0/s1. The van der Waals surface area contributed by atoms with Crippen LogP contribution in [0.25, 0.3) is 0 Å². The zero-order valence-corrected chi connectivity index (χ0v) is 13.0. The third kappa shape index (κ3) is 5.13. The fourth-order valence-corrected chi connectivity index (χ4v) is 2.68. The number of benzene rings is 1. The van der Waals surface area contributed by atoms with Gasteiger partial charge in [0, 0.05) is 13.0 Å². The van der Waals surface area contributed by atoms with Gasteiger partial charge in [-0.25, -0.2) is 5.01 Å². The summed E-state index contributed by atoms with van der Waals surface area (Å²) in [5.41, 5.74) is 3.24. The van der Waals surface area contributed by atoms with Crippen molar-refractivity contribution >= 4 is 5.91 Å². The Labute approximate surface area is 133 Å². The predicted octanol–water partition coefficient (Wildman–Crippen LogP) is 3.08. The molecule has 1 aromatic carbocycles. The number of hydrogen-bond donors (Lipinski definition) is 1. The lowest BCUT2D eigenvalue weighted by Gasteiger charge is -2.28. The van der Waals surface area contributed by atoms with E-state index < -0.39 is 12.2 Å². The molecule has 4 nitrogen and oxygen atoms in total. The third-order valence-electron chi connectivity index (χ3n) is 3.75. The second kappa shape index (κ2) is 7.68. The minimum absolute atomic E-state index is 0.0529. The van der Waals surface area contributed by atoms with Crippen LogP contribution in [0.1, 0.15) is 31.7 Å². The van der Waals surface area contributed by atoms with E-state index in [1.165, 1.54) is 0 Å². The highest BCUT2D eigenvalue weighted by Crippen LogP contribution is 2.29. The molecule has 1 heterocycles. The highest BCUT2D eigenvalue weighted by atomic mass is 19.4. The van der Waals surface area contributed by atoms with E-state index in [0.29, 0.717) is 19.4 Å². The van der Waals surface area contributed by atoms with E-state index in [-0.39, 0.29) is 25.3 Å². The van der Waals surface area contributed by atoms with Gasteiger partial charge in [-0.1, -0.05) is 12.1 Å². The monoisotopic (exact) mass is 330 g/mol. The molecule has 0 aliphatic carbocycles. The Morgan fingerprint density at radius 3 is 2.78 bits per heavy atom. The van der Waals surface area contributed by atoms with Crippen molar-refractivity contribution in [3.8, 4) is 5.75 Å². The second-order valence-corrected chi connectivity index (χ2v) is 5.51. The molecule has 0 bridgehead atoms. The lowest BCUT2D eigenvalue weighted by molar-refractivity contribution is -0.190. The number of hydrazine groups is 1. The molecule has 1 aliphatic heterocycles. The number of carbonyl (C=O) groups is 1. The van der Waals surface area contributed by atoms with Crippen molar-refractivity contribution in [2.75, 3.05) is 13.2 Å². The molecule has 7 heteroatoms. The highest BCUT2D eigenvalue weighted by Gasteiger charge is 2.45. The smallest absolute Gasteiger partial charge is 0.405 e. The zero-order chi connectivity index (χ0) is 16.9. The van der Waals surface area contributed by atoms with E-state index in [0.717, 1.165) is 16.3 Å². The lowest BCUT2D eigenvalue weighted by atomic mass is 10.0. The van der Waals surface area contributed by atoms with Crippen molar-refractivity contribution in [1.82, 2.24) is 10.4 Å². The van der Waals surface area contributed by atoms with Crippen molar-refractivity contribution in [2.45, 2.75) is 44.8 Å². The molecule has 1 atom stereocenters. The molecule has 0 spiro atoms. The van der Waals surface area contributed by atoms with Gasteiger partial charge in [-0.15, -0.1) is 0 Å². The van der Waals surface area contributed by atoms with Crippen molar-refractivity contribution < 1.29 is 22.7 Å². The van der Waals surface area contributed by atoms with Crippen molar-refractivity contribution in [3.63, 3.8) is 0 Å². The zero-order valence-electron chi connectivity index (χ0n) is 13.0. The normalized spacial score (nSPS) is 17.1. The van der Waals surface area contributed by atoms with Crippen LogP contribution in [0.4, 0.5) is 13.2 Å². The van der Waals surface area contributed by atoms with Crippen molar-refractivity contribution in [1.29, 1.82) is 0 Å². The Hall–Kier alpha value is -1.76. The molecule has 1 N–H and O–H groups in total. The Morgan fingerprint density at radius 1 is 1.39 bits per heavy atom. The van der Waals surface area contributed by atoms with Crippen LogP contribution in [0.5, 0.6) is 5.75 Å². The quantitative estimate of drug-likeness (QED) is 0.835. The SMILES string of the molecule is CCOc1cccc(CCC[C@H](N2CCC(=O)N2)C(F)(F)F)c1. The summed E-state index contributed by atoms with van der Waals surface area (Å²) in [5.74, 6) is 0.368. The van der Waals surface area contributed by atoms with E-state index in [9.17, 15) is 18.0 Å². The molecule has 128 valence electrons. The summed E-state index contributed by atoms with van der Waals surface area (Å²) < 4.78 is 44.9. The minimum Gasteiger partial charge on any atom is -0.494 e. The number of hydrogen-bond acceptors (Lipinski definition) is 3. The topological polar surface area (TPSA) is 41.6 Å². The molecule has 1 saturated heterocycles. The van der Waals surface area contributed by atoms with Gasteiger partial charge in [0.15, 0.2) is 0 Å². The van der Waals surface area contributed by atoms with Gasteiger partial charge in [-0.05, 0) is 43.9 Å². The Kier molecular flexibility index (Phi) is 5.87. The van der Waals surface area contributed by atoms with Gasteiger partial charge in [-0.2, -0.15) is 13.2 Å². The molecular weight excluding hydrogens is 309 g/mol. The average Bonchev–Trinajstić information content (AvgIpc) is 2.89. The maximum Gasteiger partial charge on any atom is 0.405 e. The summed E-state index contributed by atoms with van der Waals surface area (Å²) >= 11 is 0. The molecule has 1 aliphatic rings. The van der Waals surface area contributed by atoms with Gasteiger partial charge in [-0.3, -0.25) is 10.2 Å². The number of aryl methyl sites for hydroxylation is 1. The number of nitrogens with zero attached hydrogens (tertiary/aromatic N) is 1. The summed E-state index contributed by atoms with van der Waals surface area (Å²) in [6.07, 6.45) is -3.38. The fourth-order valence-electron chi connectivity index (χ4n) is 2.68. The first-order chi connectivity index (χ1) is 10.9. The molecule has 0 aromatic heterocycles.